The van der Waals surface area contributed by atoms with Crippen LogP contribution in [0.25, 0.3) is 5.65 Å². The van der Waals surface area contributed by atoms with Gasteiger partial charge in [0.2, 0.25) is 0 Å². The number of carbonyl (C=O) groups is 1. The van der Waals surface area contributed by atoms with Crippen molar-refractivity contribution in [1.29, 1.82) is 0 Å². The Bertz CT molecular complexity index is 755. The molecule has 0 radical (unpaired) electrons. The third-order valence-electron chi connectivity index (χ3n) is 3.37. The summed E-state index contributed by atoms with van der Waals surface area (Å²) in [4.78, 5) is 18.9. The van der Waals surface area contributed by atoms with Gasteiger partial charge >= 0.3 is 0 Å². The minimum atomic E-state index is 0.000569. The van der Waals surface area contributed by atoms with Gasteiger partial charge in [0.05, 0.1) is 11.3 Å². The van der Waals surface area contributed by atoms with Gasteiger partial charge in [-0.15, -0.1) is 11.3 Å². The van der Waals surface area contributed by atoms with Crippen LogP contribution in [0.3, 0.4) is 0 Å². The first-order chi connectivity index (χ1) is 10.1. The number of thiophene rings is 1. The number of amides is 1. The van der Waals surface area contributed by atoms with Crippen molar-refractivity contribution < 1.29 is 4.79 Å². The summed E-state index contributed by atoms with van der Waals surface area (Å²) in [7, 11) is 0. The van der Waals surface area contributed by atoms with Gasteiger partial charge in [0.25, 0.3) is 5.91 Å². The van der Waals surface area contributed by atoms with Gasteiger partial charge in [0.15, 0.2) is 0 Å². The number of fused-ring (bicyclic) bond motifs is 1. The molecule has 4 nitrogen and oxygen atoms in total. The van der Waals surface area contributed by atoms with Crippen molar-refractivity contribution in [2.24, 2.45) is 0 Å². The lowest BCUT2D eigenvalue weighted by atomic mass is 10.2. The second-order valence-corrected chi connectivity index (χ2v) is 6.49. The zero-order chi connectivity index (χ0) is 14.8. The fourth-order valence-electron chi connectivity index (χ4n) is 2.36. The number of pyridine rings is 1. The Labute approximate surface area is 127 Å². The van der Waals surface area contributed by atoms with E-state index in [0.717, 1.165) is 33.1 Å². The number of hydrogen-bond donors (Lipinski definition) is 1. The number of nitrogens with zero attached hydrogens (tertiary/aromatic N) is 2. The summed E-state index contributed by atoms with van der Waals surface area (Å²) in [6.45, 7) is 4.59. The SMILES string of the molecule is Cc1cc(C(=O)NCCc2cn3ccccc3n2)c(C)s1. The van der Waals surface area contributed by atoms with Gasteiger partial charge in [-0.05, 0) is 32.0 Å². The van der Waals surface area contributed by atoms with Gasteiger partial charge in [-0.25, -0.2) is 4.98 Å². The van der Waals surface area contributed by atoms with Crippen LogP contribution >= 0.6 is 11.3 Å². The van der Waals surface area contributed by atoms with Crippen LogP contribution in [0.1, 0.15) is 25.8 Å². The van der Waals surface area contributed by atoms with Crippen molar-refractivity contribution in [3.63, 3.8) is 0 Å². The first-order valence-corrected chi connectivity index (χ1v) is 7.73. The quantitative estimate of drug-likeness (QED) is 0.805. The molecule has 5 heteroatoms. The standard InChI is InChI=1S/C16H17N3OS/c1-11-9-14(12(2)21-11)16(20)17-7-6-13-10-19-8-4-3-5-15(19)18-13/h3-5,8-10H,6-7H2,1-2H3,(H,17,20). The molecule has 0 fully saturated rings. The zero-order valence-corrected chi connectivity index (χ0v) is 12.9. The van der Waals surface area contributed by atoms with Crippen molar-refractivity contribution in [2.45, 2.75) is 20.3 Å². The molecule has 0 spiro atoms. The van der Waals surface area contributed by atoms with Crippen molar-refractivity contribution in [1.82, 2.24) is 14.7 Å². The molecule has 0 aromatic carbocycles. The average molecular weight is 299 g/mol. The van der Waals surface area contributed by atoms with Crippen molar-refractivity contribution in [3.05, 3.63) is 57.7 Å². The van der Waals surface area contributed by atoms with Crippen LogP contribution in [0.4, 0.5) is 0 Å². The van der Waals surface area contributed by atoms with Crippen molar-refractivity contribution in [3.8, 4) is 0 Å². The molecule has 3 heterocycles. The van der Waals surface area contributed by atoms with Crippen LogP contribution in [0.2, 0.25) is 0 Å². The van der Waals surface area contributed by atoms with E-state index >= 15 is 0 Å². The van der Waals surface area contributed by atoms with Gasteiger partial charge in [-0.3, -0.25) is 4.79 Å². The van der Waals surface area contributed by atoms with Crippen LogP contribution in [0.15, 0.2) is 36.7 Å². The normalized spacial score (nSPS) is 11.0. The number of aryl methyl sites for hydroxylation is 2. The predicted octanol–water partition coefficient (Wildman–Crippen LogP) is 2.99. The minimum Gasteiger partial charge on any atom is -0.352 e. The maximum atomic E-state index is 12.1. The topological polar surface area (TPSA) is 46.4 Å². The Morgan fingerprint density at radius 2 is 2.24 bits per heavy atom. The molecule has 0 unspecified atom stereocenters. The third-order valence-corrected chi connectivity index (χ3v) is 4.33. The van der Waals surface area contributed by atoms with Crippen LogP contribution in [-0.2, 0) is 6.42 Å². The van der Waals surface area contributed by atoms with E-state index in [-0.39, 0.29) is 5.91 Å². The first-order valence-electron chi connectivity index (χ1n) is 6.91. The number of imidazole rings is 1. The molecule has 0 saturated heterocycles. The highest BCUT2D eigenvalue weighted by atomic mass is 32.1. The van der Waals surface area contributed by atoms with Gasteiger partial charge in [0, 0.05) is 35.1 Å². The highest BCUT2D eigenvalue weighted by Gasteiger charge is 2.11. The lowest BCUT2D eigenvalue weighted by molar-refractivity contribution is 0.0954. The molecule has 0 saturated carbocycles. The molecule has 3 aromatic rings. The Kier molecular flexibility index (Phi) is 3.75. The van der Waals surface area contributed by atoms with Gasteiger partial charge < -0.3 is 9.72 Å². The molecule has 0 bridgehead atoms. The Morgan fingerprint density at radius 3 is 2.95 bits per heavy atom. The van der Waals surface area contributed by atoms with Gasteiger partial charge in [0.1, 0.15) is 5.65 Å². The molecule has 3 aromatic heterocycles. The monoisotopic (exact) mass is 299 g/mol. The average Bonchev–Trinajstić information content (AvgIpc) is 3.01. The molecule has 0 atom stereocenters. The van der Waals surface area contributed by atoms with Gasteiger partial charge in [-0.1, -0.05) is 6.07 Å². The maximum Gasteiger partial charge on any atom is 0.252 e. The Hall–Kier alpha value is -2.14. The van der Waals surface area contributed by atoms with Crippen molar-refractivity contribution in [2.75, 3.05) is 6.54 Å². The van der Waals surface area contributed by atoms with Crippen molar-refractivity contribution >= 4 is 22.9 Å². The fourth-order valence-corrected chi connectivity index (χ4v) is 3.28. The van der Waals surface area contributed by atoms with E-state index in [9.17, 15) is 4.79 Å². The second kappa shape index (κ2) is 5.69. The largest absolute Gasteiger partial charge is 0.352 e. The van der Waals surface area contributed by atoms with E-state index in [2.05, 4.69) is 10.3 Å². The summed E-state index contributed by atoms with van der Waals surface area (Å²) in [6.07, 6.45) is 4.71. The molecule has 0 aliphatic carbocycles. The predicted molar refractivity (Wildman–Crippen MR) is 85.0 cm³/mol. The summed E-state index contributed by atoms with van der Waals surface area (Å²) in [6, 6.07) is 7.86. The molecular formula is C16H17N3OS. The maximum absolute atomic E-state index is 12.1. The lowest BCUT2D eigenvalue weighted by Gasteiger charge is -2.03. The highest BCUT2D eigenvalue weighted by molar-refractivity contribution is 7.12. The summed E-state index contributed by atoms with van der Waals surface area (Å²) in [5.41, 5.74) is 2.70. The fraction of sp³-hybridized carbons (Fsp3) is 0.250. The van der Waals surface area contributed by atoms with E-state index in [1.807, 2.05) is 54.9 Å². The summed E-state index contributed by atoms with van der Waals surface area (Å²) in [5.74, 6) is 0.000569. The Balaban J connectivity index is 1.60. The van der Waals surface area contributed by atoms with Crippen LogP contribution in [0, 0.1) is 13.8 Å². The molecule has 1 amide bonds. The molecule has 0 aliphatic rings. The number of carbonyl (C=O) groups excluding carboxylic acids is 1. The summed E-state index contributed by atoms with van der Waals surface area (Å²) < 4.78 is 1.99. The zero-order valence-electron chi connectivity index (χ0n) is 12.1. The highest BCUT2D eigenvalue weighted by Crippen LogP contribution is 2.20. The van der Waals surface area contributed by atoms with Crippen LogP contribution < -0.4 is 5.32 Å². The van der Waals surface area contributed by atoms with E-state index in [0.29, 0.717) is 6.54 Å². The number of nitrogens with one attached hydrogen (secondary N) is 1. The first kappa shape index (κ1) is 13.8. The molecular weight excluding hydrogens is 282 g/mol. The number of hydrogen-bond acceptors (Lipinski definition) is 3. The van der Waals surface area contributed by atoms with E-state index < -0.39 is 0 Å². The minimum absolute atomic E-state index is 0.000569. The molecule has 0 aliphatic heterocycles. The summed E-state index contributed by atoms with van der Waals surface area (Å²) >= 11 is 1.65. The van der Waals surface area contributed by atoms with Crippen LogP contribution in [-0.4, -0.2) is 21.8 Å². The molecule has 108 valence electrons. The van der Waals surface area contributed by atoms with E-state index in [1.54, 1.807) is 11.3 Å². The lowest BCUT2D eigenvalue weighted by Crippen LogP contribution is -2.25. The van der Waals surface area contributed by atoms with E-state index in [4.69, 9.17) is 0 Å². The number of rotatable bonds is 4. The molecule has 1 N–H and O–H groups in total. The summed E-state index contributed by atoms with van der Waals surface area (Å²) in [5, 5.41) is 2.96. The molecule has 21 heavy (non-hydrogen) atoms. The van der Waals surface area contributed by atoms with E-state index in [1.165, 1.54) is 0 Å². The smallest absolute Gasteiger partial charge is 0.252 e. The second-order valence-electron chi connectivity index (χ2n) is 5.03. The van der Waals surface area contributed by atoms with Gasteiger partial charge in [-0.2, -0.15) is 0 Å². The Morgan fingerprint density at radius 1 is 1.38 bits per heavy atom. The number of aromatic nitrogens is 2. The third kappa shape index (κ3) is 2.97. The molecule has 3 rings (SSSR count). The van der Waals surface area contributed by atoms with Crippen LogP contribution in [0.5, 0.6) is 0 Å².